The van der Waals surface area contributed by atoms with Gasteiger partial charge in [-0.05, 0) is 53.3 Å². The fourth-order valence-electron chi connectivity index (χ4n) is 4.68. The minimum absolute atomic E-state index is 0.0636. The maximum atomic E-state index is 13.3. The summed E-state index contributed by atoms with van der Waals surface area (Å²) in [7, 11) is 1.64. The molecule has 0 saturated carbocycles. The summed E-state index contributed by atoms with van der Waals surface area (Å²) in [6, 6.07) is 15.7. The highest BCUT2D eigenvalue weighted by atomic mass is 32.1. The fourth-order valence-corrected chi connectivity index (χ4v) is 5.80. The van der Waals surface area contributed by atoms with Crippen molar-refractivity contribution in [2.45, 2.75) is 12.5 Å². The fraction of sp³-hybridized carbons (Fsp3) is 0.250. The van der Waals surface area contributed by atoms with E-state index in [1.807, 2.05) is 37.3 Å². The van der Waals surface area contributed by atoms with Crippen molar-refractivity contribution in [1.29, 1.82) is 10.7 Å². The number of pyridine rings is 1. The van der Waals surface area contributed by atoms with E-state index in [4.69, 9.17) is 5.41 Å². The molecular weight excluding hydrogens is 420 g/mol. The van der Waals surface area contributed by atoms with E-state index in [1.165, 1.54) is 4.90 Å². The van der Waals surface area contributed by atoms with Crippen LogP contribution in [0.4, 0.5) is 5.82 Å². The number of aromatic nitrogens is 1. The van der Waals surface area contributed by atoms with Gasteiger partial charge in [-0.3, -0.25) is 15.1 Å². The number of carbonyl (C=O) groups excluding carboxylic acids is 1. The maximum Gasteiger partial charge on any atom is 0.236 e. The summed E-state index contributed by atoms with van der Waals surface area (Å²) in [4.78, 5) is 22.4. The van der Waals surface area contributed by atoms with Crippen molar-refractivity contribution < 1.29 is 4.79 Å². The molecule has 0 spiro atoms. The second-order valence-corrected chi connectivity index (χ2v) is 9.22. The summed E-state index contributed by atoms with van der Waals surface area (Å²) in [5, 5.41) is 23.1. The van der Waals surface area contributed by atoms with Crippen LogP contribution >= 0.6 is 11.3 Å². The van der Waals surface area contributed by atoms with Gasteiger partial charge < -0.3 is 10.2 Å². The van der Waals surface area contributed by atoms with E-state index < -0.39 is 5.54 Å². The molecule has 1 amide bonds. The summed E-state index contributed by atoms with van der Waals surface area (Å²) in [6.07, 6.45) is 1.77. The lowest BCUT2D eigenvalue weighted by Gasteiger charge is -2.42. The Kier molecular flexibility index (Phi) is 4.72. The minimum atomic E-state index is -0.708. The van der Waals surface area contributed by atoms with E-state index in [0.29, 0.717) is 18.7 Å². The molecular formula is C24H22N6OS. The standard InChI is InChI=1S/C24H22N6OS/c1-15-5-4-8-27-21(15)30-12-19-22(31)29(2)23(26)28-24(19,14-30)20-10-18(13-32-20)17-7-3-6-16(9-17)11-25/h3-10,13,19H,12,14H2,1-2H3,(H2,26,28)/t19?,24-/m0/s1. The van der Waals surface area contributed by atoms with Crippen LogP contribution in [0.5, 0.6) is 0 Å². The Hall–Kier alpha value is -3.70. The lowest BCUT2D eigenvalue weighted by molar-refractivity contribution is -0.133. The molecule has 3 aromatic rings. The molecule has 7 nitrogen and oxygen atoms in total. The van der Waals surface area contributed by atoms with E-state index >= 15 is 0 Å². The number of nitrogens with one attached hydrogen (secondary N) is 2. The number of anilines is 1. The van der Waals surface area contributed by atoms with E-state index in [2.05, 4.69) is 32.7 Å². The zero-order valence-corrected chi connectivity index (χ0v) is 18.6. The number of carbonyl (C=O) groups is 1. The minimum Gasteiger partial charge on any atom is -0.353 e. The molecule has 2 saturated heterocycles. The van der Waals surface area contributed by atoms with Crippen LogP contribution in [0.15, 0.2) is 54.0 Å². The predicted octanol–water partition coefficient (Wildman–Crippen LogP) is 3.32. The van der Waals surface area contributed by atoms with Crippen LogP contribution in [-0.4, -0.2) is 41.9 Å². The molecule has 2 aromatic heterocycles. The van der Waals surface area contributed by atoms with E-state index in [0.717, 1.165) is 27.4 Å². The number of fused-ring (bicyclic) bond motifs is 1. The molecule has 2 N–H and O–H groups in total. The van der Waals surface area contributed by atoms with Gasteiger partial charge in [-0.1, -0.05) is 18.2 Å². The van der Waals surface area contributed by atoms with Crippen molar-refractivity contribution in [2.75, 3.05) is 25.0 Å². The molecule has 2 aliphatic rings. The molecule has 0 radical (unpaired) electrons. The largest absolute Gasteiger partial charge is 0.353 e. The maximum absolute atomic E-state index is 13.3. The Morgan fingerprint density at radius 3 is 2.91 bits per heavy atom. The molecule has 32 heavy (non-hydrogen) atoms. The van der Waals surface area contributed by atoms with E-state index in [-0.39, 0.29) is 17.8 Å². The highest BCUT2D eigenvalue weighted by molar-refractivity contribution is 7.10. The Balaban J connectivity index is 1.59. The lowest BCUT2D eigenvalue weighted by Crippen LogP contribution is -2.64. The van der Waals surface area contributed by atoms with Gasteiger partial charge in [-0.15, -0.1) is 11.3 Å². The molecule has 8 heteroatoms. The van der Waals surface area contributed by atoms with Crippen LogP contribution in [0, 0.1) is 29.6 Å². The quantitative estimate of drug-likeness (QED) is 0.649. The first-order valence-corrected chi connectivity index (χ1v) is 11.2. The number of hydrogen-bond donors (Lipinski definition) is 2. The summed E-state index contributed by atoms with van der Waals surface area (Å²) < 4.78 is 0. The molecule has 1 unspecified atom stereocenters. The average Bonchev–Trinajstić information content (AvgIpc) is 3.44. The predicted molar refractivity (Wildman–Crippen MR) is 124 cm³/mol. The Morgan fingerprint density at radius 1 is 1.28 bits per heavy atom. The third-order valence-corrected chi connectivity index (χ3v) is 7.50. The van der Waals surface area contributed by atoms with Gasteiger partial charge in [0.2, 0.25) is 5.91 Å². The molecule has 5 rings (SSSR count). The third kappa shape index (κ3) is 3.05. The number of benzene rings is 1. The molecule has 2 aliphatic heterocycles. The Labute approximate surface area is 190 Å². The summed E-state index contributed by atoms with van der Waals surface area (Å²) in [6.45, 7) is 3.08. The smallest absolute Gasteiger partial charge is 0.236 e. The van der Waals surface area contributed by atoms with Gasteiger partial charge in [-0.2, -0.15) is 5.26 Å². The van der Waals surface area contributed by atoms with E-state index in [9.17, 15) is 10.1 Å². The van der Waals surface area contributed by atoms with Crippen LogP contribution in [0.1, 0.15) is 16.0 Å². The lowest BCUT2D eigenvalue weighted by atomic mass is 9.82. The Bertz CT molecular complexity index is 1280. The van der Waals surface area contributed by atoms with Gasteiger partial charge in [0.25, 0.3) is 0 Å². The van der Waals surface area contributed by atoms with Crippen LogP contribution in [0.3, 0.4) is 0 Å². The first-order chi connectivity index (χ1) is 15.4. The van der Waals surface area contributed by atoms with Gasteiger partial charge in [0.05, 0.1) is 17.6 Å². The highest BCUT2D eigenvalue weighted by Crippen LogP contribution is 2.45. The molecule has 1 aromatic carbocycles. The van der Waals surface area contributed by atoms with Crippen molar-refractivity contribution in [1.82, 2.24) is 15.2 Å². The number of rotatable bonds is 3. The summed E-state index contributed by atoms with van der Waals surface area (Å²) in [5.41, 5.74) is 2.92. The SMILES string of the molecule is Cc1cccnc1N1CC2C(=O)N(C)C(=N)N[C@@]2(c2cc(-c3cccc(C#N)c3)cs2)C1. The summed E-state index contributed by atoms with van der Waals surface area (Å²) >= 11 is 1.58. The Morgan fingerprint density at radius 2 is 2.12 bits per heavy atom. The van der Waals surface area contributed by atoms with Gasteiger partial charge >= 0.3 is 0 Å². The van der Waals surface area contributed by atoms with Gasteiger partial charge in [-0.25, -0.2) is 4.98 Å². The van der Waals surface area contributed by atoms with E-state index in [1.54, 1.807) is 30.6 Å². The molecule has 2 atom stereocenters. The van der Waals surface area contributed by atoms with Crippen molar-refractivity contribution in [3.05, 3.63) is 70.0 Å². The number of guanidine groups is 1. The zero-order chi connectivity index (χ0) is 22.5. The number of nitrogens with zero attached hydrogens (tertiary/aromatic N) is 4. The molecule has 4 heterocycles. The normalized spacial score (nSPS) is 22.5. The second-order valence-electron chi connectivity index (χ2n) is 8.31. The van der Waals surface area contributed by atoms with Crippen molar-refractivity contribution in [3.63, 3.8) is 0 Å². The van der Waals surface area contributed by atoms with Crippen molar-refractivity contribution in [3.8, 4) is 17.2 Å². The number of thiophene rings is 1. The van der Waals surface area contributed by atoms with Crippen molar-refractivity contribution >= 4 is 29.0 Å². The first-order valence-electron chi connectivity index (χ1n) is 10.3. The number of nitriles is 1. The van der Waals surface area contributed by atoms with Gasteiger partial charge in [0, 0.05) is 31.2 Å². The monoisotopic (exact) mass is 442 g/mol. The molecule has 0 bridgehead atoms. The van der Waals surface area contributed by atoms with Gasteiger partial charge in [0.1, 0.15) is 11.4 Å². The zero-order valence-electron chi connectivity index (χ0n) is 17.8. The van der Waals surface area contributed by atoms with Crippen LogP contribution in [-0.2, 0) is 10.3 Å². The first kappa shape index (κ1) is 20.2. The van der Waals surface area contributed by atoms with Crippen molar-refractivity contribution in [2.24, 2.45) is 5.92 Å². The molecule has 160 valence electrons. The average molecular weight is 443 g/mol. The number of aryl methyl sites for hydroxylation is 1. The highest BCUT2D eigenvalue weighted by Gasteiger charge is 2.57. The van der Waals surface area contributed by atoms with Crippen LogP contribution in [0.2, 0.25) is 0 Å². The second kappa shape index (κ2) is 7.46. The van der Waals surface area contributed by atoms with Crippen LogP contribution < -0.4 is 10.2 Å². The topological polar surface area (TPSA) is 96.1 Å². The number of hydrogen-bond acceptors (Lipinski definition) is 6. The molecule has 0 aliphatic carbocycles. The van der Waals surface area contributed by atoms with Crippen LogP contribution in [0.25, 0.3) is 11.1 Å². The summed E-state index contributed by atoms with van der Waals surface area (Å²) in [5.74, 6) is 0.557. The number of amides is 1. The third-order valence-electron chi connectivity index (χ3n) is 6.39. The molecule has 2 fully saturated rings. The van der Waals surface area contributed by atoms with Gasteiger partial charge in [0.15, 0.2) is 5.96 Å².